The molecular formula is C24H30N8O4. The van der Waals surface area contributed by atoms with Crippen LogP contribution >= 0.6 is 0 Å². The van der Waals surface area contributed by atoms with E-state index >= 15 is 0 Å². The van der Waals surface area contributed by atoms with Crippen LogP contribution in [0.5, 0.6) is 0 Å². The van der Waals surface area contributed by atoms with Gasteiger partial charge in [-0.2, -0.15) is 10.1 Å². The summed E-state index contributed by atoms with van der Waals surface area (Å²) >= 11 is 0. The molecule has 3 aromatic rings. The highest BCUT2D eigenvalue weighted by atomic mass is 16.5. The fourth-order valence-corrected chi connectivity index (χ4v) is 4.70. The molecule has 0 radical (unpaired) electrons. The van der Waals surface area contributed by atoms with Crippen LogP contribution in [-0.4, -0.2) is 90.3 Å². The van der Waals surface area contributed by atoms with Crippen LogP contribution in [0.2, 0.25) is 0 Å². The first-order chi connectivity index (χ1) is 17.5. The van der Waals surface area contributed by atoms with Crippen molar-refractivity contribution >= 4 is 34.8 Å². The van der Waals surface area contributed by atoms with E-state index < -0.39 is 6.03 Å². The molecule has 36 heavy (non-hydrogen) atoms. The number of ether oxygens (including phenoxy) is 2. The van der Waals surface area contributed by atoms with Gasteiger partial charge in [-0.05, 0) is 25.0 Å². The van der Waals surface area contributed by atoms with E-state index in [0.717, 1.165) is 35.1 Å². The van der Waals surface area contributed by atoms with Gasteiger partial charge in [-0.3, -0.25) is 4.90 Å². The molecule has 12 nitrogen and oxygen atoms in total. The maximum Gasteiger partial charge on any atom is 0.409 e. The standard InChI is InChI=1S/C24H30N8O4/c1-29(22(25)33)17-5-3-16(4-6-17)20-19-15-26-32(18-7-9-31(10-8-18)24(34)35-2)21(19)28-23(27-20)30-11-13-36-14-12-30/h3-6,15,18H,7-14H2,1-2H3,(H2,25,33). The number of anilines is 2. The summed E-state index contributed by atoms with van der Waals surface area (Å²) in [6, 6.07) is 7.11. The van der Waals surface area contributed by atoms with Crippen molar-refractivity contribution in [2.45, 2.75) is 18.9 Å². The fraction of sp³-hybridized carbons (Fsp3) is 0.458. The van der Waals surface area contributed by atoms with Gasteiger partial charge in [-0.25, -0.2) is 19.3 Å². The topological polar surface area (TPSA) is 132 Å². The van der Waals surface area contributed by atoms with Gasteiger partial charge in [0.2, 0.25) is 5.95 Å². The molecule has 2 aromatic heterocycles. The molecule has 5 rings (SSSR count). The molecule has 0 spiro atoms. The van der Waals surface area contributed by atoms with Crippen molar-refractivity contribution in [2.75, 3.05) is 63.4 Å². The molecule has 2 fully saturated rings. The van der Waals surface area contributed by atoms with Crippen molar-refractivity contribution in [1.29, 1.82) is 0 Å². The lowest BCUT2D eigenvalue weighted by Crippen LogP contribution is -2.39. The third-order valence-electron chi connectivity index (χ3n) is 6.84. The largest absolute Gasteiger partial charge is 0.453 e. The Morgan fingerprint density at radius 3 is 2.42 bits per heavy atom. The first-order valence-electron chi connectivity index (χ1n) is 12.0. The van der Waals surface area contributed by atoms with Crippen LogP contribution in [0.3, 0.4) is 0 Å². The number of carbonyl (C=O) groups is 2. The summed E-state index contributed by atoms with van der Waals surface area (Å²) in [5, 5.41) is 5.56. The van der Waals surface area contributed by atoms with Crippen LogP contribution in [0.4, 0.5) is 21.2 Å². The lowest BCUT2D eigenvalue weighted by atomic mass is 10.1. The van der Waals surface area contributed by atoms with Crippen molar-refractivity contribution in [3.8, 4) is 11.3 Å². The van der Waals surface area contributed by atoms with Gasteiger partial charge in [0.1, 0.15) is 0 Å². The number of nitrogens with zero attached hydrogens (tertiary/aromatic N) is 7. The lowest BCUT2D eigenvalue weighted by molar-refractivity contribution is 0.106. The Labute approximate surface area is 208 Å². The molecule has 0 saturated carbocycles. The minimum Gasteiger partial charge on any atom is -0.453 e. The Morgan fingerprint density at radius 1 is 1.08 bits per heavy atom. The minimum atomic E-state index is -0.527. The second kappa shape index (κ2) is 9.97. The van der Waals surface area contributed by atoms with E-state index in [9.17, 15) is 9.59 Å². The second-order valence-electron chi connectivity index (χ2n) is 8.93. The summed E-state index contributed by atoms with van der Waals surface area (Å²) in [6.45, 7) is 3.85. The number of rotatable bonds is 4. The molecule has 12 heteroatoms. The molecule has 0 atom stereocenters. The maximum atomic E-state index is 11.9. The fourth-order valence-electron chi connectivity index (χ4n) is 4.70. The number of piperidine rings is 1. The molecule has 4 heterocycles. The zero-order valence-corrected chi connectivity index (χ0v) is 20.5. The number of methoxy groups -OCH3 is 1. The van der Waals surface area contributed by atoms with Crippen molar-refractivity contribution in [3.05, 3.63) is 30.5 Å². The van der Waals surface area contributed by atoms with Gasteiger partial charge >= 0.3 is 12.1 Å². The molecule has 0 unspecified atom stereocenters. The van der Waals surface area contributed by atoms with E-state index in [2.05, 4.69) is 4.90 Å². The average molecular weight is 495 g/mol. The zero-order valence-electron chi connectivity index (χ0n) is 20.5. The van der Waals surface area contributed by atoms with E-state index in [1.54, 1.807) is 11.9 Å². The quantitative estimate of drug-likeness (QED) is 0.584. The van der Waals surface area contributed by atoms with Gasteiger partial charge in [0.15, 0.2) is 5.65 Å². The van der Waals surface area contributed by atoms with E-state index in [1.807, 2.05) is 35.1 Å². The van der Waals surface area contributed by atoms with E-state index in [4.69, 9.17) is 30.3 Å². The van der Waals surface area contributed by atoms with Gasteiger partial charge in [0, 0.05) is 44.5 Å². The number of fused-ring (bicyclic) bond motifs is 1. The average Bonchev–Trinajstić information content (AvgIpc) is 3.36. The third-order valence-corrected chi connectivity index (χ3v) is 6.84. The highest BCUT2D eigenvalue weighted by molar-refractivity contribution is 5.93. The SMILES string of the molecule is COC(=O)N1CCC(n2ncc3c(-c4ccc(N(C)C(N)=O)cc4)nc(N4CCOCC4)nc32)CC1. The molecule has 0 aliphatic carbocycles. The molecular weight excluding hydrogens is 464 g/mol. The summed E-state index contributed by atoms with van der Waals surface area (Å²) in [4.78, 5) is 38.6. The van der Waals surface area contributed by atoms with Crippen molar-refractivity contribution < 1.29 is 19.1 Å². The zero-order chi connectivity index (χ0) is 25.2. The number of morpholine rings is 1. The second-order valence-corrected chi connectivity index (χ2v) is 8.93. The van der Waals surface area contributed by atoms with Crippen molar-refractivity contribution in [3.63, 3.8) is 0 Å². The van der Waals surface area contributed by atoms with Crippen LogP contribution < -0.4 is 15.5 Å². The predicted octanol–water partition coefficient (Wildman–Crippen LogP) is 2.25. The highest BCUT2D eigenvalue weighted by Crippen LogP contribution is 2.33. The van der Waals surface area contributed by atoms with E-state index in [-0.39, 0.29) is 12.1 Å². The molecule has 2 saturated heterocycles. The van der Waals surface area contributed by atoms with Gasteiger partial charge in [-0.15, -0.1) is 0 Å². The number of amides is 3. The predicted molar refractivity (Wildman–Crippen MR) is 134 cm³/mol. The molecule has 2 aliphatic heterocycles. The number of hydrogen-bond acceptors (Lipinski definition) is 8. The Morgan fingerprint density at radius 2 is 1.78 bits per heavy atom. The van der Waals surface area contributed by atoms with Gasteiger partial charge in [-0.1, -0.05) is 12.1 Å². The highest BCUT2D eigenvalue weighted by Gasteiger charge is 2.28. The van der Waals surface area contributed by atoms with Crippen LogP contribution in [0.1, 0.15) is 18.9 Å². The number of primary amides is 1. The molecule has 1 aromatic carbocycles. The Kier molecular flexibility index (Phi) is 6.59. The normalized spacial score (nSPS) is 16.8. The maximum absolute atomic E-state index is 11.9. The summed E-state index contributed by atoms with van der Waals surface area (Å²) in [7, 11) is 3.03. The van der Waals surface area contributed by atoms with Crippen LogP contribution in [-0.2, 0) is 9.47 Å². The number of nitrogens with two attached hydrogens (primary N) is 1. The number of benzene rings is 1. The van der Waals surface area contributed by atoms with Gasteiger partial charge in [0.25, 0.3) is 0 Å². The van der Waals surface area contributed by atoms with E-state index in [0.29, 0.717) is 51.0 Å². The molecule has 0 bridgehead atoms. The van der Waals surface area contributed by atoms with Crippen LogP contribution in [0.15, 0.2) is 30.5 Å². The molecule has 2 aliphatic rings. The Balaban J connectivity index is 1.53. The summed E-state index contributed by atoms with van der Waals surface area (Å²) < 4.78 is 12.4. The number of aromatic nitrogens is 4. The van der Waals surface area contributed by atoms with Crippen molar-refractivity contribution in [2.24, 2.45) is 5.73 Å². The first kappa shape index (κ1) is 23.8. The van der Waals surface area contributed by atoms with Gasteiger partial charge in [0.05, 0.1) is 43.6 Å². The summed E-state index contributed by atoms with van der Waals surface area (Å²) in [6.07, 6.45) is 3.02. The lowest BCUT2D eigenvalue weighted by Gasteiger charge is -2.31. The Bertz CT molecular complexity index is 1250. The number of hydrogen-bond donors (Lipinski definition) is 1. The first-order valence-corrected chi connectivity index (χ1v) is 12.0. The van der Waals surface area contributed by atoms with Gasteiger partial charge < -0.3 is 25.0 Å². The number of carbonyl (C=O) groups excluding carboxylic acids is 2. The summed E-state index contributed by atoms with van der Waals surface area (Å²) in [5.41, 5.74) is 8.52. The molecule has 3 amide bonds. The van der Waals surface area contributed by atoms with Crippen LogP contribution in [0.25, 0.3) is 22.3 Å². The van der Waals surface area contributed by atoms with E-state index in [1.165, 1.54) is 12.0 Å². The molecule has 2 N–H and O–H groups in total. The van der Waals surface area contributed by atoms with Crippen molar-refractivity contribution in [1.82, 2.24) is 24.6 Å². The Hall–Kier alpha value is -3.93. The number of likely N-dealkylation sites (tertiary alicyclic amines) is 1. The van der Waals surface area contributed by atoms with Crippen LogP contribution in [0, 0.1) is 0 Å². The molecule has 190 valence electrons. The summed E-state index contributed by atoms with van der Waals surface area (Å²) in [5.74, 6) is 0.632. The minimum absolute atomic E-state index is 0.107. The monoisotopic (exact) mass is 494 g/mol. The number of urea groups is 1. The third kappa shape index (κ3) is 4.51. The smallest absolute Gasteiger partial charge is 0.409 e.